The van der Waals surface area contributed by atoms with E-state index in [9.17, 15) is 4.79 Å². The van der Waals surface area contributed by atoms with Crippen molar-refractivity contribution < 1.29 is 9.53 Å². The molecule has 2 aliphatic rings. The highest BCUT2D eigenvalue weighted by molar-refractivity contribution is 5.85. The first kappa shape index (κ1) is 16.7. The van der Waals surface area contributed by atoms with E-state index in [4.69, 9.17) is 4.74 Å². The minimum absolute atomic E-state index is 0. The minimum Gasteiger partial charge on any atom is -0.381 e. The van der Waals surface area contributed by atoms with Gasteiger partial charge >= 0.3 is 0 Å². The summed E-state index contributed by atoms with van der Waals surface area (Å²) in [5.74, 6) is 0.171. The van der Waals surface area contributed by atoms with E-state index in [0.29, 0.717) is 18.6 Å². The number of likely N-dealkylation sites (N-methyl/N-ethyl adjacent to an activating group) is 1. The molecule has 2 rings (SSSR count). The normalized spacial score (nSPS) is 25.0. The third-order valence-electron chi connectivity index (χ3n) is 3.87. The predicted molar refractivity (Wildman–Crippen MR) is 77.8 cm³/mol. The van der Waals surface area contributed by atoms with Crippen LogP contribution in [-0.2, 0) is 9.53 Å². The van der Waals surface area contributed by atoms with Crippen molar-refractivity contribution in [2.75, 3.05) is 39.9 Å². The second-order valence-electron chi connectivity index (χ2n) is 5.28. The van der Waals surface area contributed by atoms with Gasteiger partial charge in [-0.25, -0.2) is 0 Å². The fourth-order valence-electron chi connectivity index (χ4n) is 2.87. The van der Waals surface area contributed by atoms with Gasteiger partial charge in [-0.3, -0.25) is 9.69 Å². The number of hydrogen-bond acceptors (Lipinski definition) is 4. The lowest BCUT2D eigenvalue weighted by atomic mass is 10.1. The van der Waals surface area contributed by atoms with E-state index in [-0.39, 0.29) is 18.3 Å². The number of likely N-dealkylation sites (tertiary alicyclic amines) is 1. The SMILES string of the molecule is CNCC1CCCN1CC(=O)NC1CCOCC1.Cl. The average Bonchev–Trinajstić information content (AvgIpc) is 2.78. The van der Waals surface area contributed by atoms with Gasteiger partial charge in [0.25, 0.3) is 0 Å². The fourth-order valence-corrected chi connectivity index (χ4v) is 2.87. The number of nitrogens with zero attached hydrogens (tertiary/aromatic N) is 1. The Labute approximate surface area is 121 Å². The number of nitrogens with one attached hydrogen (secondary N) is 2. The molecule has 1 unspecified atom stereocenters. The standard InChI is InChI=1S/C13H25N3O2.ClH/c1-14-9-12-3-2-6-16(12)10-13(17)15-11-4-7-18-8-5-11;/h11-12,14H,2-10H2,1H3,(H,15,17);1H. The first-order valence-corrected chi connectivity index (χ1v) is 7.05. The molecule has 0 aromatic heterocycles. The topological polar surface area (TPSA) is 53.6 Å². The van der Waals surface area contributed by atoms with Crippen molar-refractivity contribution in [1.82, 2.24) is 15.5 Å². The van der Waals surface area contributed by atoms with Crippen molar-refractivity contribution in [3.05, 3.63) is 0 Å². The van der Waals surface area contributed by atoms with Gasteiger partial charge in [-0.15, -0.1) is 12.4 Å². The summed E-state index contributed by atoms with van der Waals surface area (Å²) in [4.78, 5) is 14.3. The summed E-state index contributed by atoms with van der Waals surface area (Å²) in [7, 11) is 1.97. The molecular formula is C13H26ClN3O2. The zero-order chi connectivity index (χ0) is 12.8. The van der Waals surface area contributed by atoms with Gasteiger partial charge in [0.15, 0.2) is 0 Å². The summed E-state index contributed by atoms with van der Waals surface area (Å²) in [6, 6.07) is 0.840. The van der Waals surface area contributed by atoms with Crippen LogP contribution in [0.25, 0.3) is 0 Å². The van der Waals surface area contributed by atoms with Crippen LogP contribution in [0.4, 0.5) is 0 Å². The Morgan fingerprint density at radius 3 is 2.74 bits per heavy atom. The van der Waals surface area contributed by atoms with Crippen molar-refractivity contribution in [2.24, 2.45) is 0 Å². The number of rotatable bonds is 5. The number of halogens is 1. The van der Waals surface area contributed by atoms with Gasteiger partial charge in [-0.05, 0) is 39.3 Å². The Kier molecular flexibility index (Phi) is 7.68. The molecule has 0 aromatic carbocycles. The second kappa shape index (κ2) is 8.74. The van der Waals surface area contributed by atoms with Crippen LogP contribution in [0.5, 0.6) is 0 Å². The molecule has 0 bridgehead atoms. The van der Waals surface area contributed by atoms with E-state index in [1.54, 1.807) is 0 Å². The van der Waals surface area contributed by atoms with Crippen LogP contribution in [0.15, 0.2) is 0 Å². The lowest BCUT2D eigenvalue weighted by Gasteiger charge is -2.27. The molecule has 0 radical (unpaired) electrons. The number of amides is 1. The monoisotopic (exact) mass is 291 g/mol. The summed E-state index contributed by atoms with van der Waals surface area (Å²) in [6.45, 7) is 4.12. The van der Waals surface area contributed by atoms with Crippen molar-refractivity contribution in [3.8, 4) is 0 Å². The van der Waals surface area contributed by atoms with Crippen LogP contribution in [0.3, 0.4) is 0 Å². The average molecular weight is 292 g/mol. The summed E-state index contributed by atoms with van der Waals surface area (Å²) >= 11 is 0. The Morgan fingerprint density at radius 1 is 1.32 bits per heavy atom. The van der Waals surface area contributed by atoms with E-state index in [1.165, 1.54) is 12.8 Å². The van der Waals surface area contributed by atoms with Crippen molar-refractivity contribution in [1.29, 1.82) is 0 Å². The molecule has 19 heavy (non-hydrogen) atoms. The Morgan fingerprint density at radius 2 is 2.05 bits per heavy atom. The number of hydrogen-bond donors (Lipinski definition) is 2. The maximum absolute atomic E-state index is 12.0. The summed E-state index contributed by atoms with van der Waals surface area (Å²) < 4.78 is 5.29. The molecule has 1 atom stereocenters. The van der Waals surface area contributed by atoms with Crippen LogP contribution in [0.1, 0.15) is 25.7 Å². The second-order valence-corrected chi connectivity index (χ2v) is 5.28. The van der Waals surface area contributed by atoms with Gasteiger partial charge in [0.1, 0.15) is 0 Å². The van der Waals surface area contributed by atoms with Crippen LogP contribution < -0.4 is 10.6 Å². The molecule has 0 aliphatic carbocycles. The number of carbonyl (C=O) groups is 1. The van der Waals surface area contributed by atoms with Crippen molar-refractivity contribution in [3.63, 3.8) is 0 Å². The Bertz CT molecular complexity index is 273. The quantitative estimate of drug-likeness (QED) is 0.769. The Balaban J connectivity index is 0.00000180. The zero-order valence-electron chi connectivity index (χ0n) is 11.7. The third-order valence-corrected chi connectivity index (χ3v) is 3.87. The number of carbonyl (C=O) groups excluding carboxylic acids is 1. The summed E-state index contributed by atoms with van der Waals surface area (Å²) in [5, 5.41) is 6.33. The van der Waals surface area contributed by atoms with Gasteiger partial charge in [0, 0.05) is 31.8 Å². The van der Waals surface area contributed by atoms with Crippen LogP contribution in [0, 0.1) is 0 Å². The van der Waals surface area contributed by atoms with Crippen molar-refractivity contribution >= 4 is 18.3 Å². The molecule has 112 valence electrons. The van der Waals surface area contributed by atoms with Crippen molar-refractivity contribution in [2.45, 2.75) is 37.8 Å². The van der Waals surface area contributed by atoms with Crippen LogP contribution in [0.2, 0.25) is 0 Å². The molecule has 2 fully saturated rings. The maximum Gasteiger partial charge on any atom is 0.234 e. The molecular weight excluding hydrogens is 266 g/mol. The highest BCUT2D eigenvalue weighted by atomic mass is 35.5. The number of ether oxygens (including phenoxy) is 1. The first-order chi connectivity index (χ1) is 8.79. The molecule has 0 saturated carbocycles. The highest BCUT2D eigenvalue weighted by Gasteiger charge is 2.26. The van der Waals surface area contributed by atoms with Gasteiger partial charge in [-0.1, -0.05) is 0 Å². The fraction of sp³-hybridized carbons (Fsp3) is 0.923. The molecule has 0 aromatic rings. The van der Waals surface area contributed by atoms with Gasteiger partial charge in [0.05, 0.1) is 6.54 Å². The van der Waals surface area contributed by atoms with E-state index in [1.807, 2.05) is 7.05 Å². The van der Waals surface area contributed by atoms with E-state index in [2.05, 4.69) is 15.5 Å². The lowest BCUT2D eigenvalue weighted by Crippen LogP contribution is -2.46. The summed E-state index contributed by atoms with van der Waals surface area (Å²) in [5.41, 5.74) is 0. The third kappa shape index (κ3) is 5.26. The molecule has 0 spiro atoms. The molecule has 1 amide bonds. The zero-order valence-corrected chi connectivity index (χ0v) is 12.5. The molecule has 6 heteroatoms. The van der Waals surface area contributed by atoms with Crippen LogP contribution in [-0.4, -0.2) is 62.8 Å². The van der Waals surface area contributed by atoms with E-state index in [0.717, 1.165) is 39.1 Å². The molecule has 2 N–H and O–H groups in total. The molecule has 5 nitrogen and oxygen atoms in total. The smallest absolute Gasteiger partial charge is 0.234 e. The van der Waals surface area contributed by atoms with Gasteiger partial charge in [0.2, 0.25) is 5.91 Å². The maximum atomic E-state index is 12.0. The predicted octanol–water partition coefficient (Wildman–Crippen LogP) is 0.387. The largest absolute Gasteiger partial charge is 0.381 e. The van der Waals surface area contributed by atoms with Crippen LogP contribution >= 0.6 is 12.4 Å². The van der Waals surface area contributed by atoms with Gasteiger partial charge in [-0.2, -0.15) is 0 Å². The molecule has 2 saturated heterocycles. The first-order valence-electron chi connectivity index (χ1n) is 7.05. The Hall–Kier alpha value is -0.360. The molecule has 2 aliphatic heterocycles. The minimum atomic E-state index is 0. The lowest BCUT2D eigenvalue weighted by molar-refractivity contribution is -0.123. The van der Waals surface area contributed by atoms with E-state index >= 15 is 0 Å². The highest BCUT2D eigenvalue weighted by Crippen LogP contribution is 2.16. The van der Waals surface area contributed by atoms with Gasteiger partial charge < -0.3 is 15.4 Å². The van der Waals surface area contributed by atoms with E-state index < -0.39 is 0 Å². The summed E-state index contributed by atoms with van der Waals surface area (Å²) in [6.07, 6.45) is 4.31. The molecule has 2 heterocycles.